The van der Waals surface area contributed by atoms with Crippen molar-refractivity contribution in [3.05, 3.63) is 0 Å². The van der Waals surface area contributed by atoms with Crippen molar-refractivity contribution in [2.24, 2.45) is 4.99 Å². The zero-order chi connectivity index (χ0) is 6.41. The minimum atomic E-state index is 1.17. The fourth-order valence-corrected chi connectivity index (χ4v) is 0.544. The highest BCUT2D eigenvalue weighted by Crippen LogP contribution is 1.94. The van der Waals surface area contributed by atoms with Gasteiger partial charge in [0, 0.05) is 12.8 Å². The van der Waals surface area contributed by atoms with Gasteiger partial charge in [-0.05, 0) is 19.8 Å². The molecule has 0 aromatic rings. The average molecular weight is 113 g/mol. The molecule has 8 heavy (non-hydrogen) atoms. The van der Waals surface area contributed by atoms with Crippen LogP contribution in [-0.2, 0) is 0 Å². The topological polar surface area (TPSA) is 12.4 Å². The largest absolute Gasteiger partial charge is 0.298 e. The Morgan fingerprint density at radius 1 is 1.50 bits per heavy atom. The van der Waals surface area contributed by atoms with E-state index in [1.807, 2.05) is 7.05 Å². The zero-order valence-electron chi connectivity index (χ0n) is 6.07. The highest BCUT2D eigenvalue weighted by Gasteiger charge is 1.85. The van der Waals surface area contributed by atoms with Gasteiger partial charge in [-0.1, -0.05) is 13.3 Å². The molecule has 0 rings (SSSR count). The van der Waals surface area contributed by atoms with Crippen molar-refractivity contribution < 1.29 is 0 Å². The summed E-state index contributed by atoms with van der Waals surface area (Å²) in [5.41, 5.74) is 1.27. The Bertz CT molecular complexity index is 74.5. The fraction of sp³-hybridized carbons (Fsp3) is 0.857. The maximum atomic E-state index is 4.04. The van der Waals surface area contributed by atoms with Gasteiger partial charge < -0.3 is 0 Å². The standard InChI is InChI=1S/C7H15N/c1-4-5-6-7(2)8-3/h4-6H2,1-3H3. The maximum Gasteiger partial charge on any atom is 0.0276 e. The molecule has 1 heteroatoms. The van der Waals surface area contributed by atoms with Gasteiger partial charge in [0.05, 0.1) is 0 Å². The SMILES string of the molecule is CCCCC(C)=NC. The van der Waals surface area contributed by atoms with Crippen LogP contribution in [0, 0.1) is 0 Å². The molecule has 0 aromatic carbocycles. The molecule has 0 aliphatic carbocycles. The van der Waals surface area contributed by atoms with Crippen LogP contribution in [0.15, 0.2) is 4.99 Å². The van der Waals surface area contributed by atoms with Crippen molar-refractivity contribution in [2.75, 3.05) is 7.05 Å². The molecule has 0 N–H and O–H groups in total. The van der Waals surface area contributed by atoms with Gasteiger partial charge in [-0.25, -0.2) is 0 Å². The molecule has 48 valence electrons. The van der Waals surface area contributed by atoms with Crippen LogP contribution in [0.2, 0.25) is 0 Å². The third-order valence-corrected chi connectivity index (χ3v) is 1.27. The molecule has 0 aliphatic heterocycles. The Kier molecular flexibility index (Phi) is 4.62. The molecule has 0 saturated heterocycles. The van der Waals surface area contributed by atoms with E-state index in [0.29, 0.717) is 0 Å². The predicted octanol–water partition coefficient (Wildman–Crippen LogP) is 2.27. The predicted molar refractivity (Wildman–Crippen MR) is 38.6 cm³/mol. The first-order valence-corrected chi connectivity index (χ1v) is 3.23. The summed E-state index contributed by atoms with van der Waals surface area (Å²) in [6.07, 6.45) is 3.73. The molecule has 0 bridgehead atoms. The van der Waals surface area contributed by atoms with E-state index in [1.165, 1.54) is 25.0 Å². The van der Waals surface area contributed by atoms with Gasteiger partial charge in [-0.2, -0.15) is 0 Å². The van der Waals surface area contributed by atoms with E-state index in [1.54, 1.807) is 0 Å². The van der Waals surface area contributed by atoms with Gasteiger partial charge in [-0.3, -0.25) is 4.99 Å². The first-order valence-electron chi connectivity index (χ1n) is 3.23. The molecule has 0 spiro atoms. The molecule has 0 unspecified atom stereocenters. The van der Waals surface area contributed by atoms with E-state index in [4.69, 9.17) is 0 Å². The summed E-state index contributed by atoms with van der Waals surface area (Å²) in [5, 5.41) is 0. The summed E-state index contributed by atoms with van der Waals surface area (Å²) in [5.74, 6) is 0. The summed E-state index contributed by atoms with van der Waals surface area (Å²) in [6.45, 7) is 4.28. The van der Waals surface area contributed by atoms with Crippen LogP contribution in [-0.4, -0.2) is 12.8 Å². The van der Waals surface area contributed by atoms with Gasteiger partial charge >= 0.3 is 0 Å². The van der Waals surface area contributed by atoms with Crippen molar-refractivity contribution in [1.82, 2.24) is 0 Å². The van der Waals surface area contributed by atoms with Crippen molar-refractivity contribution in [2.45, 2.75) is 33.1 Å². The summed E-state index contributed by atoms with van der Waals surface area (Å²) in [6, 6.07) is 0. The van der Waals surface area contributed by atoms with E-state index < -0.39 is 0 Å². The Hall–Kier alpha value is -0.330. The number of unbranched alkanes of at least 4 members (excludes halogenated alkanes) is 1. The van der Waals surface area contributed by atoms with E-state index in [9.17, 15) is 0 Å². The van der Waals surface area contributed by atoms with E-state index in [0.717, 1.165) is 0 Å². The molecule has 0 radical (unpaired) electrons. The highest BCUT2D eigenvalue weighted by molar-refractivity contribution is 5.81. The lowest BCUT2D eigenvalue weighted by Crippen LogP contribution is -1.88. The number of hydrogen-bond acceptors (Lipinski definition) is 1. The molecule has 0 atom stereocenters. The Morgan fingerprint density at radius 2 is 2.12 bits per heavy atom. The molecule has 0 fully saturated rings. The number of rotatable bonds is 3. The lowest BCUT2D eigenvalue weighted by Gasteiger charge is -1.93. The molecule has 0 amide bonds. The van der Waals surface area contributed by atoms with Crippen LogP contribution < -0.4 is 0 Å². The quantitative estimate of drug-likeness (QED) is 0.498. The Balaban J connectivity index is 3.12. The lowest BCUT2D eigenvalue weighted by molar-refractivity contribution is 0.832. The molecular weight excluding hydrogens is 98.1 g/mol. The van der Waals surface area contributed by atoms with Gasteiger partial charge in [0.1, 0.15) is 0 Å². The number of nitrogens with zero attached hydrogens (tertiary/aromatic N) is 1. The first kappa shape index (κ1) is 7.67. The minimum absolute atomic E-state index is 1.17. The second-order valence-corrected chi connectivity index (χ2v) is 2.06. The molecule has 0 saturated carbocycles. The van der Waals surface area contributed by atoms with Gasteiger partial charge in [0.15, 0.2) is 0 Å². The first-order chi connectivity index (χ1) is 3.81. The van der Waals surface area contributed by atoms with Crippen LogP contribution in [0.4, 0.5) is 0 Å². The Labute approximate surface area is 51.8 Å². The summed E-state index contributed by atoms with van der Waals surface area (Å²) in [7, 11) is 1.85. The molecule has 1 nitrogen and oxygen atoms in total. The van der Waals surface area contributed by atoms with Gasteiger partial charge in [-0.15, -0.1) is 0 Å². The number of aliphatic imine (C=N–C) groups is 1. The van der Waals surface area contributed by atoms with E-state index in [2.05, 4.69) is 18.8 Å². The molecule has 0 aliphatic rings. The fourth-order valence-electron chi connectivity index (χ4n) is 0.544. The Morgan fingerprint density at radius 3 is 2.50 bits per heavy atom. The van der Waals surface area contributed by atoms with E-state index >= 15 is 0 Å². The second kappa shape index (κ2) is 4.82. The van der Waals surface area contributed by atoms with Crippen molar-refractivity contribution in [3.8, 4) is 0 Å². The number of hydrogen-bond donors (Lipinski definition) is 0. The summed E-state index contributed by atoms with van der Waals surface area (Å²) < 4.78 is 0. The minimum Gasteiger partial charge on any atom is -0.298 e. The third kappa shape index (κ3) is 3.85. The average Bonchev–Trinajstić information content (AvgIpc) is 1.83. The normalized spacial score (nSPS) is 12.1. The monoisotopic (exact) mass is 113 g/mol. The van der Waals surface area contributed by atoms with Crippen molar-refractivity contribution in [1.29, 1.82) is 0 Å². The van der Waals surface area contributed by atoms with Crippen LogP contribution in [0.1, 0.15) is 33.1 Å². The maximum absolute atomic E-state index is 4.04. The lowest BCUT2D eigenvalue weighted by atomic mass is 10.2. The molecular formula is C7H15N. The van der Waals surface area contributed by atoms with Gasteiger partial charge in [0.25, 0.3) is 0 Å². The molecule has 0 heterocycles. The van der Waals surface area contributed by atoms with Crippen LogP contribution in [0.25, 0.3) is 0 Å². The summed E-state index contributed by atoms with van der Waals surface area (Å²) in [4.78, 5) is 4.04. The zero-order valence-corrected chi connectivity index (χ0v) is 6.07. The third-order valence-electron chi connectivity index (χ3n) is 1.27. The van der Waals surface area contributed by atoms with Crippen molar-refractivity contribution in [3.63, 3.8) is 0 Å². The smallest absolute Gasteiger partial charge is 0.0276 e. The second-order valence-electron chi connectivity index (χ2n) is 2.06. The molecule has 0 aromatic heterocycles. The van der Waals surface area contributed by atoms with Crippen molar-refractivity contribution >= 4 is 5.71 Å². The van der Waals surface area contributed by atoms with Crippen LogP contribution in [0.3, 0.4) is 0 Å². The van der Waals surface area contributed by atoms with Crippen LogP contribution >= 0.6 is 0 Å². The highest BCUT2D eigenvalue weighted by atomic mass is 14.7. The van der Waals surface area contributed by atoms with Gasteiger partial charge in [0.2, 0.25) is 0 Å². The van der Waals surface area contributed by atoms with E-state index in [-0.39, 0.29) is 0 Å². The summed E-state index contributed by atoms with van der Waals surface area (Å²) >= 11 is 0. The van der Waals surface area contributed by atoms with Crippen LogP contribution in [0.5, 0.6) is 0 Å².